The molecule has 0 radical (unpaired) electrons. The van der Waals surface area contributed by atoms with E-state index >= 15 is 9.59 Å². The van der Waals surface area contributed by atoms with Crippen molar-refractivity contribution in [1.29, 1.82) is 0 Å². The maximum Gasteiger partial charge on any atom is 0.167 e. The number of hydrogen-bond acceptors (Lipinski definition) is 2. The molecule has 0 unspecified atom stereocenters. The summed E-state index contributed by atoms with van der Waals surface area (Å²) in [5.41, 5.74) is 4.50. The molecule has 1 saturated carbocycles. The molecule has 3 aliphatic rings. The Balaban J connectivity index is 1.80. The van der Waals surface area contributed by atoms with Gasteiger partial charge in [-0.25, -0.2) is 0 Å². The highest BCUT2D eigenvalue weighted by atomic mass is 16.1. The van der Waals surface area contributed by atoms with Crippen LogP contribution in [0.15, 0.2) is 127 Å². The molecule has 44 heavy (non-hydrogen) atoms. The van der Waals surface area contributed by atoms with E-state index in [1.165, 1.54) is 0 Å². The predicted octanol–water partition coefficient (Wildman–Crippen LogP) is 9.77. The number of fused-ring (bicyclic) bond motifs is 5. The van der Waals surface area contributed by atoms with E-state index in [0.29, 0.717) is 25.7 Å². The van der Waals surface area contributed by atoms with Crippen molar-refractivity contribution >= 4 is 28.3 Å². The molecule has 0 spiro atoms. The van der Waals surface area contributed by atoms with Gasteiger partial charge in [0.15, 0.2) is 11.6 Å². The van der Waals surface area contributed by atoms with E-state index in [1.54, 1.807) is 0 Å². The zero-order valence-electron chi connectivity index (χ0n) is 26.2. The molecule has 2 bridgehead atoms. The Hall–Kier alpha value is -4.30. The quantitative estimate of drug-likeness (QED) is 0.209. The molecule has 4 aromatic carbocycles. The zero-order valence-corrected chi connectivity index (χ0v) is 26.2. The van der Waals surface area contributed by atoms with Gasteiger partial charge in [0.1, 0.15) is 0 Å². The highest BCUT2D eigenvalue weighted by Gasteiger charge is 2.90. The second kappa shape index (κ2) is 10.1. The Morgan fingerprint density at radius 3 is 1.30 bits per heavy atom. The van der Waals surface area contributed by atoms with Gasteiger partial charge >= 0.3 is 0 Å². The molecule has 2 nitrogen and oxygen atoms in total. The summed E-state index contributed by atoms with van der Waals surface area (Å²) in [6.07, 6.45) is 2.33. The minimum atomic E-state index is -1.01. The minimum Gasteiger partial charge on any atom is -0.298 e. The van der Waals surface area contributed by atoms with Crippen LogP contribution in [0.25, 0.3) is 16.7 Å². The van der Waals surface area contributed by atoms with Gasteiger partial charge in [0.05, 0.1) is 21.7 Å². The summed E-state index contributed by atoms with van der Waals surface area (Å²) in [5, 5.41) is 0. The smallest absolute Gasteiger partial charge is 0.167 e. The van der Waals surface area contributed by atoms with Crippen LogP contribution in [0.2, 0.25) is 0 Å². The van der Waals surface area contributed by atoms with Crippen LogP contribution in [0.4, 0.5) is 0 Å². The van der Waals surface area contributed by atoms with Gasteiger partial charge in [-0.1, -0.05) is 149 Å². The highest BCUT2D eigenvalue weighted by molar-refractivity contribution is 6.34. The molecule has 0 aliphatic heterocycles. The summed E-state index contributed by atoms with van der Waals surface area (Å²) >= 11 is 0. The summed E-state index contributed by atoms with van der Waals surface area (Å²) in [4.78, 5) is 31.8. The van der Waals surface area contributed by atoms with Gasteiger partial charge in [0.25, 0.3) is 0 Å². The lowest BCUT2D eigenvalue weighted by Crippen LogP contribution is -2.58. The van der Waals surface area contributed by atoms with Crippen molar-refractivity contribution in [3.63, 3.8) is 0 Å². The first-order chi connectivity index (χ1) is 21.5. The van der Waals surface area contributed by atoms with E-state index in [9.17, 15) is 0 Å². The second-order valence-corrected chi connectivity index (χ2v) is 12.6. The standard InChI is InChI=1S/C42H40O2/c1-5-33-34(29-21-13-9-14-22-29)42(32-27-19-12-20-28-32)40(7-3)36(31-25-17-11-18-26-31)35(30-23-15-10-16-24-30)39(6-2,38(40)44)41(42,8-4)37(33)43/h9-28H,5-8H2,1-4H3/t39-,40+,41-,42+/m1/s1. The Kier molecular flexibility index (Phi) is 6.55. The molecule has 0 heterocycles. The summed E-state index contributed by atoms with van der Waals surface area (Å²) in [5.74, 6) is 0.381. The van der Waals surface area contributed by atoms with Crippen LogP contribution in [0.1, 0.15) is 75.6 Å². The summed E-state index contributed by atoms with van der Waals surface area (Å²) in [6.45, 7) is 8.61. The van der Waals surface area contributed by atoms with Gasteiger partial charge in [-0.15, -0.1) is 0 Å². The number of hydrogen-bond donors (Lipinski definition) is 0. The Labute approximate surface area is 261 Å². The molecule has 4 atom stereocenters. The molecule has 0 aromatic heterocycles. The number of benzene rings is 4. The average molecular weight is 577 g/mol. The first-order valence-electron chi connectivity index (χ1n) is 16.3. The number of allylic oxidation sites excluding steroid dienone is 4. The lowest BCUT2D eigenvalue weighted by atomic mass is 9.41. The van der Waals surface area contributed by atoms with Crippen molar-refractivity contribution in [3.8, 4) is 0 Å². The van der Waals surface area contributed by atoms with Crippen LogP contribution in [-0.4, -0.2) is 11.6 Å². The molecule has 220 valence electrons. The third-order valence-electron chi connectivity index (χ3n) is 11.6. The Morgan fingerprint density at radius 2 is 0.886 bits per heavy atom. The third kappa shape index (κ3) is 2.93. The topological polar surface area (TPSA) is 34.1 Å². The predicted molar refractivity (Wildman–Crippen MR) is 180 cm³/mol. The van der Waals surface area contributed by atoms with E-state index in [-0.39, 0.29) is 11.6 Å². The number of ketones is 2. The van der Waals surface area contributed by atoms with Crippen molar-refractivity contribution < 1.29 is 9.59 Å². The lowest BCUT2D eigenvalue weighted by molar-refractivity contribution is -0.137. The maximum atomic E-state index is 16.1. The summed E-state index contributed by atoms with van der Waals surface area (Å²) < 4.78 is 0. The number of carbonyl (C=O) groups is 2. The molecule has 1 fully saturated rings. The van der Waals surface area contributed by atoms with E-state index < -0.39 is 21.7 Å². The first-order valence-corrected chi connectivity index (χ1v) is 16.3. The molecule has 7 rings (SSSR count). The molecule has 4 aromatic rings. The maximum absolute atomic E-state index is 16.1. The molecule has 0 N–H and O–H groups in total. The Bertz CT molecular complexity index is 1820. The lowest BCUT2D eigenvalue weighted by Gasteiger charge is -2.58. The molecular formula is C42H40O2. The first kappa shape index (κ1) is 28.5. The monoisotopic (exact) mass is 576 g/mol. The van der Waals surface area contributed by atoms with Crippen LogP contribution >= 0.6 is 0 Å². The molecule has 0 saturated heterocycles. The van der Waals surface area contributed by atoms with Gasteiger partial charge in [-0.2, -0.15) is 0 Å². The SMILES string of the molecule is CCC1=C(c2ccccc2)[C@@]2(c3ccccc3)[C@]3(CC)C(=O)[C@@](CC)(C(c4ccccc4)=C3c3ccccc3)[C@@]2(CC)C1=O. The fourth-order valence-corrected chi connectivity index (χ4v) is 10.5. The van der Waals surface area contributed by atoms with Crippen molar-refractivity contribution in [2.75, 3.05) is 0 Å². The van der Waals surface area contributed by atoms with Gasteiger partial charge in [-0.05, 0) is 64.7 Å². The summed E-state index contributed by atoms with van der Waals surface area (Å²) in [7, 11) is 0. The third-order valence-corrected chi connectivity index (χ3v) is 11.6. The van der Waals surface area contributed by atoms with Crippen LogP contribution < -0.4 is 0 Å². The van der Waals surface area contributed by atoms with Crippen LogP contribution in [0.5, 0.6) is 0 Å². The highest BCUT2D eigenvalue weighted by Crippen LogP contribution is 2.88. The fraction of sp³-hybridized carbons (Fsp3) is 0.286. The fourth-order valence-electron chi connectivity index (χ4n) is 10.5. The zero-order chi connectivity index (χ0) is 30.7. The summed E-state index contributed by atoms with van der Waals surface area (Å²) in [6, 6.07) is 42.1. The second-order valence-electron chi connectivity index (χ2n) is 12.6. The van der Waals surface area contributed by atoms with E-state index in [2.05, 4.69) is 125 Å². The molecule has 2 heteroatoms. The Morgan fingerprint density at radius 1 is 0.477 bits per heavy atom. The van der Waals surface area contributed by atoms with Crippen molar-refractivity contribution in [3.05, 3.63) is 149 Å². The van der Waals surface area contributed by atoms with Gasteiger partial charge in [0.2, 0.25) is 0 Å². The molecular weight excluding hydrogens is 536 g/mol. The van der Waals surface area contributed by atoms with Crippen molar-refractivity contribution in [1.82, 2.24) is 0 Å². The molecule has 0 amide bonds. The van der Waals surface area contributed by atoms with Gasteiger partial charge in [-0.3, -0.25) is 9.59 Å². The van der Waals surface area contributed by atoms with Gasteiger partial charge in [0, 0.05) is 5.57 Å². The number of rotatable bonds is 8. The van der Waals surface area contributed by atoms with Crippen molar-refractivity contribution in [2.45, 2.75) is 58.8 Å². The van der Waals surface area contributed by atoms with E-state index in [1.807, 2.05) is 24.3 Å². The number of carbonyl (C=O) groups excluding carboxylic acids is 2. The minimum absolute atomic E-state index is 0.163. The largest absolute Gasteiger partial charge is 0.298 e. The van der Waals surface area contributed by atoms with E-state index in [4.69, 9.17) is 0 Å². The van der Waals surface area contributed by atoms with Gasteiger partial charge < -0.3 is 0 Å². The van der Waals surface area contributed by atoms with Crippen molar-refractivity contribution in [2.24, 2.45) is 16.2 Å². The van der Waals surface area contributed by atoms with Crippen LogP contribution in [0, 0.1) is 16.2 Å². The van der Waals surface area contributed by atoms with E-state index in [0.717, 1.165) is 44.5 Å². The molecule has 3 aliphatic carbocycles. The number of Topliss-reactive ketones (excluding diaryl/α,β-unsaturated/α-hetero) is 2. The van der Waals surface area contributed by atoms with Crippen LogP contribution in [-0.2, 0) is 15.0 Å². The normalized spacial score (nSPS) is 29.1. The average Bonchev–Trinajstić information content (AvgIpc) is 3.55. The van der Waals surface area contributed by atoms with Crippen LogP contribution in [0.3, 0.4) is 0 Å².